The lowest BCUT2D eigenvalue weighted by Gasteiger charge is -2.03. The van der Waals surface area contributed by atoms with Crippen LogP contribution in [-0.4, -0.2) is 15.2 Å². The molecule has 5 N–H and O–H groups in total. The molecular weight excluding hydrogens is 142 g/mol. The Morgan fingerprint density at radius 1 is 1.64 bits per heavy atom. The van der Waals surface area contributed by atoms with Crippen LogP contribution in [0.3, 0.4) is 0 Å². The summed E-state index contributed by atoms with van der Waals surface area (Å²) < 4.78 is 0. The molecule has 0 aliphatic heterocycles. The largest absolute Gasteiger partial charge is 0.367 e. The van der Waals surface area contributed by atoms with Crippen LogP contribution in [0.2, 0.25) is 0 Å². The maximum atomic E-state index is 5.73. The molecule has 1 atom stereocenters. The van der Waals surface area contributed by atoms with Crippen LogP contribution in [0.1, 0.15) is 31.6 Å². The summed E-state index contributed by atoms with van der Waals surface area (Å²) in [5.74, 6) is 0.927. The first-order chi connectivity index (χ1) is 5.24. The lowest BCUT2D eigenvalue weighted by Crippen LogP contribution is -2.11. The molecule has 0 aliphatic carbocycles. The Balaban J connectivity index is 2.60. The number of nitrogens with zero attached hydrogens (tertiary/aromatic N) is 2. The first-order valence-corrected chi connectivity index (χ1v) is 3.67. The predicted octanol–water partition coefficient (Wildman–Crippen LogP) is 0.187. The number of hydrogen-bond donors (Lipinski definition) is 3. The van der Waals surface area contributed by atoms with Crippen LogP contribution in [0, 0.1) is 0 Å². The smallest absolute Gasteiger partial charge is 0.239 e. The van der Waals surface area contributed by atoms with Gasteiger partial charge in [-0.2, -0.15) is 4.98 Å². The lowest BCUT2D eigenvalue weighted by molar-refractivity contribution is 0.604. The van der Waals surface area contributed by atoms with Crippen molar-refractivity contribution >= 4 is 5.95 Å². The second-order valence-corrected chi connectivity index (χ2v) is 2.47. The number of nitrogens with one attached hydrogen (secondary N) is 1. The van der Waals surface area contributed by atoms with Gasteiger partial charge in [0.2, 0.25) is 5.95 Å². The Bertz CT molecular complexity index is 219. The van der Waals surface area contributed by atoms with Gasteiger partial charge in [-0.25, -0.2) is 0 Å². The molecule has 0 amide bonds. The average molecular weight is 155 g/mol. The molecule has 0 saturated heterocycles. The van der Waals surface area contributed by atoms with E-state index in [0.29, 0.717) is 5.82 Å². The molecule has 0 aliphatic rings. The SMILES string of the molecule is CCC[C@H](N)c1nc(N)n[nH]1. The molecule has 0 radical (unpaired) electrons. The Morgan fingerprint density at radius 2 is 2.36 bits per heavy atom. The van der Waals surface area contributed by atoms with E-state index in [4.69, 9.17) is 11.5 Å². The van der Waals surface area contributed by atoms with Crippen molar-refractivity contribution in [3.63, 3.8) is 0 Å². The molecule has 62 valence electrons. The molecule has 1 aromatic rings. The van der Waals surface area contributed by atoms with Crippen LogP contribution in [0.15, 0.2) is 0 Å². The van der Waals surface area contributed by atoms with E-state index < -0.39 is 0 Å². The molecule has 0 spiro atoms. The summed E-state index contributed by atoms with van der Waals surface area (Å²) in [6.45, 7) is 2.07. The van der Waals surface area contributed by atoms with Crippen molar-refractivity contribution in [3.8, 4) is 0 Å². The van der Waals surface area contributed by atoms with Crippen LogP contribution in [-0.2, 0) is 0 Å². The number of rotatable bonds is 3. The summed E-state index contributed by atoms with van der Waals surface area (Å²) in [6, 6.07) is -0.0650. The van der Waals surface area contributed by atoms with Gasteiger partial charge in [-0.1, -0.05) is 13.3 Å². The Kier molecular flexibility index (Phi) is 2.43. The van der Waals surface area contributed by atoms with Crippen molar-refractivity contribution < 1.29 is 0 Å². The lowest BCUT2D eigenvalue weighted by atomic mass is 10.2. The molecular formula is C6H13N5. The fraction of sp³-hybridized carbons (Fsp3) is 0.667. The van der Waals surface area contributed by atoms with Gasteiger partial charge >= 0.3 is 0 Å². The molecule has 11 heavy (non-hydrogen) atoms. The van der Waals surface area contributed by atoms with Crippen LogP contribution in [0.4, 0.5) is 5.95 Å². The van der Waals surface area contributed by atoms with Gasteiger partial charge in [-0.15, -0.1) is 5.10 Å². The van der Waals surface area contributed by atoms with E-state index in [-0.39, 0.29) is 12.0 Å². The molecule has 5 nitrogen and oxygen atoms in total. The van der Waals surface area contributed by atoms with E-state index >= 15 is 0 Å². The molecule has 0 bridgehead atoms. The highest BCUT2D eigenvalue weighted by Gasteiger charge is 2.08. The fourth-order valence-corrected chi connectivity index (χ4v) is 0.902. The minimum absolute atomic E-state index is 0.0650. The quantitative estimate of drug-likeness (QED) is 0.580. The summed E-state index contributed by atoms with van der Waals surface area (Å²) in [4.78, 5) is 3.92. The summed E-state index contributed by atoms with van der Waals surface area (Å²) >= 11 is 0. The number of nitrogen functional groups attached to an aromatic ring is 1. The minimum Gasteiger partial charge on any atom is -0.367 e. The highest BCUT2D eigenvalue weighted by Crippen LogP contribution is 2.10. The molecule has 0 saturated carbocycles. The molecule has 0 fully saturated rings. The Hall–Kier alpha value is -1.10. The van der Waals surface area contributed by atoms with Gasteiger partial charge in [0.25, 0.3) is 0 Å². The third-order valence-electron chi connectivity index (χ3n) is 1.47. The van der Waals surface area contributed by atoms with Crippen LogP contribution in [0.25, 0.3) is 0 Å². The number of H-pyrrole nitrogens is 1. The third kappa shape index (κ3) is 1.91. The first-order valence-electron chi connectivity index (χ1n) is 3.67. The second-order valence-electron chi connectivity index (χ2n) is 2.47. The van der Waals surface area contributed by atoms with E-state index in [1.807, 2.05) is 0 Å². The third-order valence-corrected chi connectivity index (χ3v) is 1.47. The highest BCUT2D eigenvalue weighted by atomic mass is 15.3. The zero-order chi connectivity index (χ0) is 8.27. The molecule has 0 aromatic carbocycles. The summed E-state index contributed by atoms with van der Waals surface area (Å²) in [6.07, 6.45) is 1.93. The predicted molar refractivity (Wildman–Crippen MR) is 42.6 cm³/mol. The first kappa shape index (κ1) is 8.00. The topological polar surface area (TPSA) is 93.6 Å². The van der Waals surface area contributed by atoms with Gasteiger partial charge in [-0.05, 0) is 6.42 Å². The van der Waals surface area contributed by atoms with Crippen molar-refractivity contribution in [2.75, 3.05) is 5.73 Å². The fourth-order valence-electron chi connectivity index (χ4n) is 0.902. The summed E-state index contributed by atoms with van der Waals surface area (Å²) in [5.41, 5.74) is 11.0. The molecule has 0 unspecified atom stereocenters. The number of aromatic nitrogens is 3. The Labute approximate surface area is 65.2 Å². The van der Waals surface area contributed by atoms with Crippen molar-refractivity contribution in [3.05, 3.63) is 5.82 Å². The van der Waals surface area contributed by atoms with Crippen molar-refractivity contribution in [2.45, 2.75) is 25.8 Å². The molecule has 1 rings (SSSR count). The van der Waals surface area contributed by atoms with Gasteiger partial charge in [0.05, 0.1) is 6.04 Å². The van der Waals surface area contributed by atoms with Gasteiger partial charge in [0.15, 0.2) is 0 Å². The zero-order valence-electron chi connectivity index (χ0n) is 6.54. The van der Waals surface area contributed by atoms with Gasteiger partial charge in [-0.3, -0.25) is 5.10 Å². The van der Waals surface area contributed by atoms with Gasteiger partial charge < -0.3 is 11.5 Å². The van der Waals surface area contributed by atoms with E-state index in [1.54, 1.807) is 0 Å². The molecule has 1 aromatic heterocycles. The second kappa shape index (κ2) is 3.34. The normalized spacial score (nSPS) is 13.3. The van der Waals surface area contributed by atoms with E-state index in [0.717, 1.165) is 12.8 Å². The van der Waals surface area contributed by atoms with Gasteiger partial charge in [0.1, 0.15) is 5.82 Å². The maximum Gasteiger partial charge on any atom is 0.239 e. The van der Waals surface area contributed by atoms with Crippen LogP contribution in [0.5, 0.6) is 0 Å². The summed E-state index contributed by atoms with van der Waals surface area (Å²) in [7, 11) is 0. The number of anilines is 1. The van der Waals surface area contributed by atoms with E-state index in [1.165, 1.54) is 0 Å². The molecule has 1 heterocycles. The van der Waals surface area contributed by atoms with Crippen LogP contribution < -0.4 is 11.5 Å². The standard InChI is InChI=1S/C6H13N5/c1-2-3-4(7)5-9-6(8)11-10-5/h4H,2-3,7H2,1H3,(H3,8,9,10,11)/t4-/m0/s1. The maximum absolute atomic E-state index is 5.73. The zero-order valence-corrected chi connectivity index (χ0v) is 6.54. The van der Waals surface area contributed by atoms with Crippen molar-refractivity contribution in [1.29, 1.82) is 0 Å². The minimum atomic E-state index is -0.0650. The number of aromatic amines is 1. The number of hydrogen-bond acceptors (Lipinski definition) is 4. The van der Waals surface area contributed by atoms with Gasteiger partial charge in [0, 0.05) is 0 Å². The van der Waals surface area contributed by atoms with Crippen molar-refractivity contribution in [2.24, 2.45) is 5.73 Å². The Morgan fingerprint density at radius 3 is 2.82 bits per heavy atom. The van der Waals surface area contributed by atoms with E-state index in [9.17, 15) is 0 Å². The molecule has 5 heteroatoms. The summed E-state index contributed by atoms with van der Waals surface area (Å²) in [5, 5.41) is 6.36. The van der Waals surface area contributed by atoms with Crippen LogP contribution >= 0.6 is 0 Å². The average Bonchev–Trinajstić information content (AvgIpc) is 2.36. The highest BCUT2D eigenvalue weighted by molar-refractivity contribution is 5.13. The number of nitrogens with two attached hydrogens (primary N) is 2. The van der Waals surface area contributed by atoms with Crippen molar-refractivity contribution in [1.82, 2.24) is 15.2 Å². The monoisotopic (exact) mass is 155 g/mol. The van der Waals surface area contributed by atoms with E-state index in [2.05, 4.69) is 22.1 Å².